The van der Waals surface area contributed by atoms with Gasteiger partial charge in [-0.2, -0.15) is 0 Å². The standard InChI is InChI=1S/C20H27FN2O6S/c1-20(8-9-20)29-19(25)23-10-5-14(6-11-23)7-12-28-18(24)22-17-4-3-15(13-16(17)21)30(2,26)27/h3-4,13-14H,5-12H2,1-2H3,(H,22,24). The lowest BCUT2D eigenvalue weighted by Gasteiger charge is -2.32. The highest BCUT2D eigenvalue weighted by Gasteiger charge is 2.43. The van der Waals surface area contributed by atoms with E-state index in [1.54, 1.807) is 4.90 Å². The van der Waals surface area contributed by atoms with Gasteiger partial charge in [0.25, 0.3) is 0 Å². The highest BCUT2D eigenvalue weighted by atomic mass is 32.2. The van der Waals surface area contributed by atoms with Crippen molar-refractivity contribution >= 4 is 27.7 Å². The van der Waals surface area contributed by atoms with E-state index in [0.29, 0.717) is 25.4 Å². The zero-order valence-corrected chi connectivity index (χ0v) is 18.0. The summed E-state index contributed by atoms with van der Waals surface area (Å²) in [4.78, 5) is 25.5. The minimum Gasteiger partial charge on any atom is -0.449 e. The number of carbonyl (C=O) groups is 2. The predicted molar refractivity (Wildman–Crippen MR) is 108 cm³/mol. The first-order valence-corrected chi connectivity index (χ1v) is 11.9. The normalized spacial score (nSPS) is 18.6. The van der Waals surface area contributed by atoms with Crippen molar-refractivity contribution in [1.29, 1.82) is 0 Å². The van der Waals surface area contributed by atoms with E-state index in [2.05, 4.69) is 5.32 Å². The van der Waals surface area contributed by atoms with Crippen LogP contribution in [0.15, 0.2) is 23.1 Å². The number of anilines is 1. The Morgan fingerprint density at radius 2 is 1.93 bits per heavy atom. The Hall–Kier alpha value is -2.36. The van der Waals surface area contributed by atoms with Gasteiger partial charge in [-0.05, 0) is 63.1 Å². The van der Waals surface area contributed by atoms with Gasteiger partial charge in [-0.3, -0.25) is 5.32 Å². The molecule has 3 rings (SSSR count). The number of halogens is 1. The lowest BCUT2D eigenvalue weighted by molar-refractivity contribution is 0.0473. The summed E-state index contributed by atoms with van der Waals surface area (Å²) < 4.78 is 47.4. The number of piperidine rings is 1. The molecule has 8 nitrogen and oxygen atoms in total. The van der Waals surface area contributed by atoms with Crippen LogP contribution in [0.2, 0.25) is 0 Å². The summed E-state index contributed by atoms with van der Waals surface area (Å²) in [6.45, 7) is 3.33. The third-order valence-corrected chi connectivity index (χ3v) is 6.64. The van der Waals surface area contributed by atoms with E-state index in [1.165, 1.54) is 12.1 Å². The average molecular weight is 443 g/mol. The van der Waals surface area contributed by atoms with Gasteiger partial charge in [0, 0.05) is 19.3 Å². The van der Waals surface area contributed by atoms with Crippen LogP contribution in [0.25, 0.3) is 0 Å². The maximum absolute atomic E-state index is 14.0. The first-order chi connectivity index (χ1) is 14.1. The summed E-state index contributed by atoms with van der Waals surface area (Å²) in [7, 11) is -3.53. The van der Waals surface area contributed by atoms with Crippen LogP contribution >= 0.6 is 0 Å². The number of hydrogen-bond donors (Lipinski definition) is 1. The van der Waals surface area contributed by atoms with Gasteiger partial charge < -0.3 is 14.4 Å². The monoisotopic (exact) mass is 442 g/mol. The van der Waals surface area contributed by atoms with Crippen LogP contribution in [-0.2, 0) is 19.3 Å². The summed E-state index contributed by atoms with van der Waals surface area (Å²) in [6, 6.07) is 3.26. The second-order valence-electron chi connectivity index (χ2n) is 8.21. The molecule has 1 aromatic rings. The van der Waals surface area contributed by atoms with Gasteiger partial charge in [0.15, 0.2) is 9.84 Å². The summed E-state index contributed by atoms with van der Waals surface area (Å²) >= 11 is 0. The topological polar surface area (TPSA) is 102 Å². The second-order valence-corrected chi connectivity index (χ2v) is 10.2. The Balaban J connectivity index is 1.37. The van der Waals surface area contributed by atoms with Crippen LogP contribution in [0.4, 0.5) is 19.7 Å². The SMILES string of the molecule is CC1(OC(=O)N2CCC(CCOC(=O)Nc3ccc(S(C)(=O)=O)cc3F)CC2)CC1. The van der Waals surface area contributed by atoms with Crippen LogP contribution in [0, 0.1) is 11.7 Å². The number of ether oxygens (including phenoxy) is 2. The molecule has 1 heterocycles. The highest BCUT2D eigenvalue weighted by Crippen LogP contribution is 2.39. The van der Waals surface area contributed by atoms with Crippen molar-refractivity contribution in [2.75, 3.05) is 31.3 Å². The van der Waals surface area contributed by atoms with Crippen molar-refractivity contribution in [3.05, 3.63) is 24.0 Å². The molecule has 1 N–H and O–H groups in total. The van der Waals surface area contributed by atoms with Gasteiger partial charge in [0.05, 0.1) is 17.2 Å². The molecule has 10 heteroatoms. The van der Waals surface area contributed by atoms with Gasteiger partial charge in [0.1, 0.15) is 11.4 Å². The fraction of sp³-hybridized carbons (Fsp3) is 0.600. The van der Waals surface area contributed by atoms with Crippen molar-refractivity contribution in [3.63, 3.8) is 0 Å². The second kappa shape index (κ2) is 8.79. The number of sulfone groups is 1. The quantitative estimate of drug-likeness (QED) is 0.723. The number of nitrogens with zero attached hydrogens (tertiary/aromatic N) is 1. The van der Waals surface area contributed by atoms with E-state index in [0.717, 1.165) is 38.0 Å². The van der Waals surface area contributed by atoms with Crippen LogP contribution in [-0.4, -0.2) is 57.1 Å². The van der Waals surface area contributed by atoms with E-state index in [-0.39, 0.29) is 28.9 Å². The number of likely N-dealkylation sites (tertiary alicyclic amines) is 1. The molecule has 166 valence electrons. The number of benzene rings is 1. The minimum absolute atomic E-state index is 0.149. The van der Waals surface area contributed by atoms with Gasteiger partial charge >= 0.3 is 12.2 Å². The zero-order valence-electron chi connectivity index (χ0n) is 17.1. The molecule has 1 aliphatic carbocycles. The zero-order chi connectivity index (χ0) is 21.9. The van der Waals surface area contributed by atoms with Gasteiger partial charge in [-0.25, -0.2) is 22.4 Å². The smallest absolute Gasteiger partial charge is 0.411 e. The van der Waals surface area contributed by atoms with Crippen molar-refractivity contribution in [2.24, 2.45) is 5.92 Å². The first-order valence-electron chi connectivity index (χ1n) is 9.97. The van der Waals surface area contributed by atoms with E-state index < -0.39 is 21.7 Å². The molecular formula is C20H27FN2O6S. The molecule has 0 spiro atoms. The molecular weight excluding hydrogens is 415 g/mol. The third kappa shape index (κ3) is 6.07. The Morgan fingerprint density at radius 3 is 2.50 bits per heavy atom. The predicted octanol–water partition coefficient (Wildman–Crippen LogP) is 3.57. The summed E-state index contributed by atoms with van der Waals surface area (Å²) in [5.41, 5.74) is -0.428. The van der Waals surface area contributed by atoms with Gasteiger partial charge in [-0.15, -0.1) is 0 Å². The number of amides is 2. The van der Waals surface area contributed by atoms with Crippen LogP contribution < -0.4 is 5.32 Å². The Kier molecular flexibility index (Phi) is 6.54. The fourth-order valence-corrected chi connectivity index (χ4v) is 3.88. The molecule has 0 aromatic heterocycles. The van der Waals surface area contributed by atoms with Crippen molar-refractivity contribution < 1.29 is 31.9 Å². The van der Waals surface area contributed by atoms with E-state index in [1.807, 2.05) is 6.92 Å². The molecule has 1 aliphatic heterocycles. The number of carbonyl (C=O) groups excluding carboxylic acids is 2. The van der Waals surface area contributed by atoms with E-state index >= 15 is 0 Å². The molecule has 30 heavy (non-hydrogen) atoms. The number of nitrogens with one attached hydrogen (secondary N) is 1. The summed E-state index contributed by atoms with van der Waals surface area (Å²) in [5.74, 6) is -0.529. The van der Waals surface area contributed by atoms with Gasteiger partial charge in [0.2, 0.25) is 0 Å². The Morgan fingerprint density at radius 1 is 1.27 bits per heavy atom. The summed E-state index contributed by atoms with van der Waals surface area (Å²) in [5, 5.41) is 2.28. The fourth-order valence-electron chi connectivity index (χ4n) is 3.25. The maximum atomic E-state index is 14.0. The van der Waals surface area contributed by atoms with Crippen LogP contribution in [0.3, 0.4) is 0 Å². The molecule has 1 saturated heterocycles. The molecule has 1 saturated carbocycles. The lowest BCUT2D eigenvalue weighted by Crippen LogP contribution is -2.40. The lowest BCUT2D eigenvalue weighted by atomic mass is 9.94. The molecule has 2 aliphatic rings. The van der Waals surface area contributed by atoms with E-state index in [9.17, 15) is 22.4 Å². The van der Waals surface area contributed by atoms with Crippen LogP contribution in [0.1, 0.15) is 39.0 Å². The van der Waals surface area contributed by atoms with Crippen molar-refractivity contribution in [2.45, 2.75) is 49.5 Å². The van der Waals surface area contributed by atoms with Crippen molar-refractivity contribution in [1.82, 2.24) is 4.90 Å². The number of hydrogen-bond acceptors (Lipinski definition) is 6. The molecule has 2 fully saturated rings. The van der Waals surface area contributed by atoms with Gasteiger partial charge in [-0.1, -0.05) is 0 Å². The van der Waals surface area contributed by atoms with Crippen LogP contribution in [0.5, 0.6) is 0 Å². The Bertz CT molecular complexity index is 908. The molecule has 0 atom stereocenters. The largest absolute Gasteiger partial charge is 0.449 e. The molecule has 0 unspecified atom stereocenters. The Labute approximate surface area is 175 Å². The minimum atomic E-state index is -3.53. The average Bonchev–Trinajstić information content (AvgIpc) is 3.39. The van der Waals surface area contributed by atoms with E-state index in [4.69, 9.17) is 9.47 Å². The molecule has 0 radical (unpaired) electrons. The molecule has 1 aromatic carbocycles. The maximum Gasteiger partial charge on any atom is 0.411 e. The molecule has 2 amide bonds. The summed E-state index contributed by atoms with van der Waals surface area (Å²) in [6.07, 6.45) is 4.00. The molecule has 0 bridgehead atoms. The third-order valence-electron chi connectivity index (χ3n) is 5.53. The first kappa shape index (κ1) is 22.3. The van der Waals surface area contributed by atoms with Crippen molar-refractivity contribution in [3.8, 4) is 0 Å². The number of rotatable bonds is 6. The highest BCUT2D eigenvalue weighted by molar-refractivity contribution is 7.90.